The molecule has 1 saturated heterocycles. The minimum absolute atomic E-state index is 0.0172. The first-order valence-electron chi connectivity index (χ1n) is 23.1. The Labute approximate surface area is 396 Å². The average molecular weight is 960 g/mol. The van der Waals surface area contributed by atoms with Gasteiger partial charge in [-0.15, -0.1) is 0 Å². The number of carboxylic acids is 1. The van der Waals surface area contributed by atoms with Crippen LogP contribution in [0.1, 0.15) is 98.5 Å². The minimum atomic E-state index is -1.59. The summed E-state index contributed by atoms with van der Waals surface area (Å²) in [6, 6.07) is -2.29. The summed E-state index contributed by atoms with van der Waals surface area (Å²) >= 11 is 0. The Morgan fingerprint density at radius 1 is 0.750 bits per heavy atom. The van der Waals surface area contributed by atoms with Gasteiger partial charge >= 0.3 is 5.97 Å². The van der Waals surface area contributed by atoms with Gasteiger partial charge in [-0.2, -0.15) is 0 Å². The maximum Gasteiger partial charge on any atom is 0.326 e. The largest absolute Gasteiger partial charge is 0.508 e. The molecule has 0 bridgehead atoms. The maximum absolute atomic E-state index is 14.3. The number of aromatic hydroxyl groups is 1. The topological polar surface area (TPSA) is 377 Å². The van der Waals surface area contributed by atoms with E-state index in [2.05, 4.69) is 37.2 Å². The van der Waals surface area contributed by atoms with Gasteiger partial charge in [-0.1, -0.05) is 60.1 Å². The number of primary amides is 1. The standard InChI is InChI=1S/C45H73N11O12/c1-7-26(6)37(48)43(65)53-30(19-24(2)3)40(62)54-32(20-27-13-15-28(57)16-14-27)44(66)56-18-10-12-33(56)42(64)50-22-35(59)49-23-36(60)51-31(21-34(47)58)41(63)52-29(11-8-9-17-46)39(61)55-38(25(4)5)45(67)68/h13-16,24-26,29-33,37-38,57H,7-12,17-23,46,48H2,1-6H3,(H2,47,58)(H,49,59)(H,50,64)(H,51,60)(H,52,63)(H,53,65)(H,54,62)(H,55,61)(H,67,68)/t26-,29-,30-,31-,32-,33-,37-,38-/m0/s1. The lowest BCUT2D eigenvalue weighted by molar-refractivity contribution is -0.143. The highest BCUT2D eigenvalue weighted by Crippen LogP contribution is 2.21. The second kappa shape index (κ2) is 28.7. The Balaban J connectivity index is 2.14. The van der Waals surface area contributed by atoms with Gasteiger partial charge in [0.15, 0.2) is 0 Å². The van der Waals surface area contributed by atoms with Gasteiger partial charge in [0.1, 0.15) is 42.0 Å². The van der Waals surface area contributed by atoms with Gasteiger partial charge in [0.2, 0.25) is 53.2 Å². The lowest BCUT2D eigenvalue weighted by Gasteiger charge is -2.30. The molecule has 2 rings (SSSR count). The number of unbranched alkanes of at least 4 members (excludes halogenated alkanes) is 1. The van der Waals surface area contributed by atoms with E-state index in [1.165, 1.54) is 17.0 Å². The van der Waals surface area contributed by atoms with E-state index in [-0.39, 0.29) is 56.4 Å². The summed E-state index contributed by atoms with van der Waals surface area (Å²) in [5, 5.41) is 36.8. The predicted octanol–water partition coefficient (Wildman–Crippen LogP) is -2.25. The summed E-state index contributed by atoms with van der Waals surface area (Å²) in [5.41, 5.74) is 17.6. The van der Waals surface area contributed by atoms with Crippen molar-refractivity contribution in [3.63, 3.8) is 0 Å². The lowest BCUT2D eigenvalue weighted by atomic mass is 9.97. The van der Waals surface area contributed by atoms with Crippen LogP contribution in [0, 0.1) is 17.8 Å². The zero-order valence-electron chi connectivity index (χ0n) is 39.9. The number of phenols is 1. The number of carboxylic acid groups (broad SMARTS) is 1. The number of phenolic OH excluding ortho intramolecular Hbond substituents is 1. The van der Waals surface area contributed by atoms with Crippen LogP contribution in [0.3, 0.4) is 0 Å². The SMILES string of the molecule is CC[C@H](C)[C@H](N)C(=O)N[C@@H](CC(C)C)C(=O)N[C@@H](Cc1ccc(O)cc1)C(=O)N1CCC[C@H]1C(=O)NCC(=O)NCC(=O)N[C@@H](CC(N)=O)C(=O)N[C@@H](CCCCN)C(=O)N[C@H](C(=O)O)C(C)C. The van der Waals surface area contributed by atoms with Gasteiger partial charge < -0.3 is 69.5 Å². The van der Waals surface area contributed by atoms with Crippen molar-refractivity contribution >= 4 is 59.1 Å². The summed E-state index contributed by atoms with van der Waals surface area (Å²) in [6.07, 6.45) is 1.67. The molecule has 0 radical (unpaired) electrons. The molecule has 0 aromatic heterocycles. The van der Waals surface area contributed by atoms with Gasteiger partial charge in [-0.3, -0.25) is 43.2 Å². The van der Waals surface area contributed by atoms with E-state index in [0.29, 0.717) is 31.2 Å². The quantitative estimate of drug-likeness (QED) is 0.0378. The molecule has 1 aliphatic heterocycles. The number of rotatable bonds is 29. The fraction of sp³-hybridized carbons (Fsp3) is 0.644. The third-order valence-corrected chi connectivity index (χ3v) is 11.5. The number of hydrogen-bond acceptors (Lipinski definition) is 13. The number of nitrogens with two attached hydrogens (primary N) is 3. The van der Waals surface area contributed by atoms with Crippen LogP contribution in [0.15, 0.2) is 24.3 Å². The van der Waals surface area contributed by atoms with Crippen LogP contribution in [0.4, 0.5) is 0 Å². The molecule has 1 aliphatic rings. The molecule has 1 fully saturated rings. The number of carbonyl (C=O) groups is 10. The molecule has 23 nitrogen and oxygen atoms in total. The van der Waals surface area contributed by atoms with Crippen molar-refractivity contribution in [2.24, 2.45) is 35.0 Å². The van der Waals surface area contributed by atoms with Gasteiger partial charge in [-0.25, -0.2) is 4.79 Å². The van der Waals surface area contributed by atoms with E-state index in [1.54, 1.807) is 26.0 Å². The van der Waals surface area contributed by atoms with Crippen molar-refractivity contribution < 1.29 is 58.2 Å². The molecule has 1 heterocycles. The Morgan fingerprint density at radius 2 is 1.34 bits per heavy atom. The highest BCUT2D eigenvalue weighted by Gasteiger charge is 2.39. The van der Waals surface area contributed by atoms with Crippen LogP contribution in [-0.2, 0) is 54.4 Å². The number of nitrogens with zero attached hydrogens (tertiary/aromatic N) is 1. The van der Waals surface area contributed by atoms with Crippen LogP contribution in [0.25, 0.3) is 0 Å². The summed E-state index contributed by atoms with van der Waals surface area (Å²) in [7, 11) is 0. The van der Waals surface area contributed by atoms with Crippen LogP contribution >= 0.6 is 0 Å². The average Bonchev–Trinajstić information content (AvgIpc) is 3.78. The fourth-order valence-corrected chi connectivity index (χ4v) is 7.31. The van der Waals surface area contributed by atoms with E-state index >= 15 is 0 Å². The summed E-state index contributed by atoms with van der Waals surface area (Å²) < 4.78 is 0. The third kappa shape index (κ3) is 19.5. The third-order valence-electron chi connectivity index (χ3n) is 11.5. The van der Waals surface area contributed by atoms with Crippen molar-refractivity contribution in [2.75, 3.05) is 26.2 Å². The number of hydrogen-bond donors (Lipinski definition) is 12. The van der Waals surface area contributed by atoms with E-state index in [9.17, 15) is 58.2 Å². The molecule has 0 saturated carbocycles. The molecular formula is C45H73N11O12. The van der Waals surface area contributed by atoms with Gasteiger partial charge in [0.05, 0.1) is 25.6 Å². The highest BCUT2D eigenvalue weighted by molar-refractivity contribution is 5.98. The van der Waals surface area contributed by atoms with Gasteiger partial charge in [0, 0.05) is 13.0 Å². The molecule has 0 spiro atoms. The Bertz CT molecular complexity index is 1910. The first-order valence-corrected chi connectivity index (χ1v) is 23.1. The minimum Gasteiger partial charge on any atom is -0.508 e. The Morgan fingerprint density at radius 3 is 1.91 bits per heavy atom. The molecular weight excluding hydrogens is 887 g/mol. The number of benzene rings is 1. The summed E-state index contributed by atoms with van der Waals surface area (Å²) in [5.74, 6) is -9.00. The van der Waals surface area contributed by atoms with Gasteiger partial charge in [-0.05, 0) is 80.5 Å². The zero-order chi connectivity index (χ0) is 51.2. The van der Waals surface area contributed by atoms with Crippen molar-refractivity contribution in [1.29, 1.82) is 0 Å². The summed E-state index contributed by atoms with van der Waals surface area (Å²) in [6.45, 7) is 9.69. The second-order valence-electron chi connectivity index (χ2n) is 17.9. The van der Waals surface area contributed by atoms with Crippen molar-refractivity contribution in [3.8, 4) is 5.75 Å². The molecule has 8 atom stereocenters. The fourth-order valence-electron chi connectivity index (χ4n) is 7.31. The van der Waals surface area contributed by atoms with Crippen molar-refractivity contribution in [2.45, 2.75) is 142 Å². The van der Waals surface area contributed by atoms with Crippen LogP contribution < -0.4 is 54.4 Å². The molecule has 1 aromatic carbocycles. The second-order valence-corrected chi connectivity index (χ2v) is 17.9. The smallest absolute Gasteiger partial charge is 0.326 e. The van der Waals surface area contributed by atoms with E-state index in [1.807, 2.05) is 27.7 Å². The molecule has 9 amide bonds. The number of likely N-dealkylation sites (tertiary alicyclic amines) is 1. The van der Waals surface area contributed by atoms with E-state index in [4.69, 9.17) is 17.2 Å². The number of amides is 9. The first-order chi connectivity index (χ1) is 32.0. The molecule has 68 heavy (non-hydrogen) atoms. The number of carbonyl (C=O) groups excluding carboxylic acids is 9. The van der Waals surface area contributed by atoms with Gasteiger partial charge in [0.25, 0.3) is 0 Å². The number of aliphatic carboxylic acids is 1. The predicted molar refractivity (Wildman–Crippen MR) is 248 cm³/mol. The van der Waals surface area contributed by atoms with Crippen LogP contribution in [0.5, 0.6) is 5.75 Å². The lowest BCUT2D eigenvalue weighted by Crippen LogP contribution is -2.59. The molecule has 15 N–H and O–H groups in total. The summed E-state index contributed by atoms with van der Waals surface area (Å²) in [4.78, 5) is 132. The van der Waals surface area contributed by atoms with Crippen LogP contribution in [0.2, 0.25) is 0 Å². The molecule has 23 heteroatoms. The molecule has 0 unspecified atom stereocenters. The zero-order valence-corrected chi connectivity index (χ0v) is 39.9. The monoisotopic (exact) mass is 960 g/mol. The first kappa shape index (κ1) is 57.8. The van der Waals surface area contributed by atoms with Crippen LogP contribution in [-0.4, -0.2) is 143 Å². The normalized spacial score (nSPS) is 16.5. The van der Waals surface area contributed by atoms with E-state index in [0.717, 1.165) is 0 Å². The molecule has 0 aliphatic carbocycles. The maximum atomic E-state index is 14.3. The number of nitrogens with one attached hydrogen (secondary N) is 7. The molecule has 380 valence electrons. The van der Waals surface area contributed by atoms with Crippen molar-refractivity contribution in [1.82, 2.24) is 42.1 Å². The molecule has 1 aromatic rings. The Kier molecular flexibility index (Phi) is 24.4. The van der Waals surface area contributed by atoms with Crippen molar-refractivity contribution in [3.05, 3.63) is 29.8 Å². The Hall–Kier alpha value is -6.36. The highest BCUT2D eigenvalue weighted by atomic mass is 16.4. The van der Waals surface area contributed by atoms with E-state index < -0.39 is 127 Å².